The molecule has 0 fully saturated rings. The zero-order valence-corrected chi connectivity index (χ0v) is 8.59. The number of carboxylic acids is 1. The normalized spacial score (nSPS) is 11.2. The Morgan fingerprint density at radius 2 is 1.93 bits per heavy atom. The number of halogens is 1. The quantitative estimate of drug-likeness (QED) is 0.202. The molecular weight excluding hydrogens is 208 g/mol. The lowest BCUT2D eigenvalue weighted by atomic mass is 10.1. The van der Waals surface area contributed by atoms with E-state index in [1.807, 2.05) is 0 Å². The van der Waals surface area contributed by atoms with Crippen LogP contribution in [-0.2, 0) is 4.79 Å². The van der Waals surface area contributed by atoms with Crippen LogP contribution in [0.4, 0.5) is 0 Å². The van der Waals surface area contributed by atoms with Gasteiger partial charge in [-0.1, -0.05) is 0 Å². The molecule has 14 heavy (non-hydrogen) atoms. The van der Waals surface area contributed by atoms with Crippen molar-refractivity contribution < 1.29 is 27.3 Å². The Balaban J connectivity index is 0. The molecule has 0 unspecified atom stereocenters. The molecule has 0 bridgehead atoms. The van der Waals surface area contributed by atoms with Crippen LogP contribution in [0.5, 0.6) is 0 Å². The minimum atomic E-state index is -1.21. The highest BCUT2D eigenvalue weighted by Gasteiger charge is 2.01. The topological polar surface area (TPSA) is 132 Å². The van der Waals surface area contributed by atoms with E-state index in [-0.39, 0.29) is 18.4 Å². The summed E-state index contributed by atoms with van der Waals surface area (Å²) in [5.41, 5.74) is 15.5. The van der Waals surface area contributed by atoms with E-state index < -0.39 is 12.0 Å². The van der Waals surface area contributed by atoms with E-state index in [0.29, 0.717) is 19.4 Å². The van der Waals surface area contributed by atoms with E-state index >= 15 is 0 Å². The maximum absolute atomic E-state index is 10.2. The number of hydrogen-bond donors (Lipinski definition) is 4. The lowest BCUT2D eigenvalue weighted by molar-refractivity contribution is -0.459. The van der Waals surface area contributed by atoms with Crippen molar-refractivity contribution >= 4 is 11.9 Å². The van der Waals surface area contributed by atoms with Gasteiger partial charge < -0.3 is 28.0 Å². The van der Waals surface area contributed by atoms with E-state index in [2.05, 4.69) is 4.99 Å². The third-order valence-corrected chi connectivity index (χ3v) is 1.57. The number of aliphatic carboxylic acids is 1. The fourth-order valence-electron chi connectivity index (χ4n) is 0.840. The van der Waals surface area contributed by atoms with Crippen molar-refractivity contribution in [2.24, 2.45) is 17.2 Å². The summed E-state index contributed by atoms with van der Waals surface area (Å²) in [6.45, 7) is 0.627. The first-order valence-electron chi connectivity index (χ1n) is 4.12. The molecule has 0 radical (unpaired) electrons. The minimum Gasteiger partial charge on any atom is -1.00 e. The first-order valence-corrected chi connectivity index (χ1v) is 4.12. The summed E-state index contributed by atoms with van der Waals surface area (Å²) < 4.78 is 0. The SMILES string of the molecule is NC(N)=[NH+]CCCC[C@H](N)C(=O)[O-].[Cl-]. The average molecular weight is 224 g/mol. The fourth-order valence-corrected chi connectivity index (χ4v) is 0.840. The first kappa shape index (κ1) is 15.5. The summed E-state index contributed by atoms with van der Waals surface area (Å²) in [5, 5.41) is 10.2. The third-order valence-electron chi connectivity index (χ3n) is 1.57. The number of nitrogens with one attached hydrogen (secondary N) is 1. The van der Waals surface area contributed by atoms with E-state index in [0.717, 1.165) is 6.42 Å². The summed E-state index contributed by atoms with van der Waals surface area (Å²) in [5.74, 6) is -1.04. The van der Waals surface area contributed by atoms with Crippen LogP contribution >= 0.6 is 0 Å². The van der Waals surface area contributed by atoms with Gasteiger partial charge in [0.1, 0.15) is 0 Å². The highest BCUT2D eigenvalue weighted by Crippen LogP contribution is 1.95. The molecule has 0 rings (SSSR count). The standard InChI is InChI=1S/C7H16N4O2.ClH/c8-5(6(12)13)3-1-2-4-11-7(9)10;/h5H,1-4,8H2,(H,12,13)(H4,9,10,11);1H/p-1/t5-;/m0./s1. The number of hydrogen-bond acceptors (Lipinski definition) is 3. The van der Waals surface area contributed by atoms with Gasteiger partial charge in [0.15, 0.2) is 0 Å². The molecule has 0 aromatic rings. The smallest absolute Gasteiger partial charge is 0.338 e. The van der Waals surface area contributed by atoms with Gasteiger partial charge in [-0.05, 0) is 19.3 Å². The Bertz CT molecular complexity index is 194. The van der Waals surface area contributed by atoms with Gasteiger partial charge in [0.05, 0.1) is 12.5 Å². The number of rotatable bonds is 6. The molecule has 0 spiro atoms. The summed E-state index contributed by atoms with van der Waals surface area (Å²) >= 11 is 0. The van der Waals surface area contributed by atoms with Crippen molar-refractivity contribution in [3.63, 3.8) is 0 Å². The third kappa shape index (κ3) is 9.08. The van der Waals surface area contributed by atoms with Crippen LogP contribution in [0.1, 0.15) is 19.3 Å². The van der Waals surface area contributed by atoms with Crippen LogP contribution in [-0.4, -0.2) is 24.5 Å². The highest BCUT2D eigenvalue weighted by molar-refractivity contribution is 5.70. The molecule has 0 aliphatic rings. The van der Waals surface area contributed by atoms with Crippen molar-refractivity contribution in [2.75, 3.05) is 6.54 Å². The summed E-state index contributed by atoms with van der Waals surface area (Å²) in [7, 11) is 0. The number of guanidine groups is 1. The maximum atomic E-state index is 10.2. The highest BCUT2D eigenvalue weighted by atomic mass is 35.5. The van der Waals surface area contributed by atoms with E-state index in [9.17, 15) is 9.90 Å². The first-order chi connectivity index (χ1) is 6.04. The van der Waals surface area contributed by atoms with Gasteiger partial charge in [-0.2, -0.15) is 0 Å². The molecule has 0 aromatic carbocycles. The van der Waals surface area contributed by atoms with Crippen molar-refractivity contribution in [1.29, 1.82) is 0 Å². The van der Waals surface area contributed by atoms with Crippen LogP contribution in [0.2, 0.25) is 0 Å². The van der Waals surface area contributed by atoms with Crippen LogP contribution in [0, 0.1) is 0 Å². The molecule has 1 atom stereocenters. The number of carboxylic acid groups (broad SMARTS) is 1. The Labute approximate surface area is 89.0 Å². The number of carbonyl (C=O) groups excluding carboxylic acids is 1. The number of nitrogens with two attached hydrogens (primary N) is 3. The predicted molar refractivity (Wildman–Crippen MR) is 46.0 cm³/mol. The van der Waals surface area contributed by atoms with Crippen molar-refractivity contribution in [3.05, 3.63) is 0 Å². The van der Waals surface area contributed by atoms with E-state index in [1.165, 1.54) is 0 Å². The molecule has 0 aromatic heterocycles. The van der Waals surface area contributed by atoms with Crippen molar-refractivity contribution in [1.82, 2.24) is 0 Å². The van der Waals surface area contributed by atoms with Gasteiger partial charge in [0, 0.05) is 6.04 Å². The zero-order chi connectivity index (χ0) is 10.3. The Morgan fingerprint density at radius 1 is 1.36 bits per heavy atom. The average Bonchev–Trinajstić information content (AvgIpc) is 2.02. The molecule has 0 aliphatic heterocycles. The second-order valence-electron chi connectivity index (χ2n) is 2.80. The molecule has 7 N–H and O–H groups in total. The van der Waals surface area contributed by atoms with E-state index in [4.69, 9.17) is 17.2 Å². The molecule has 84 valence electrons. The molecule has 0 heterocycles. The van der Waals surface area contributed by atoms with Gasteiger partial charge in [-0.15, -0.1) is 0 Å². The second kappa shape index (κ2) is 8.58. The lowest BCUT2D eigenvalue weighted by Crippen LogP contribution is -3.00. The molecule has 6 nitrogen and oxygen atoms in total. The van der Waals surface area contributed by atoms with Gasteiger partial charge in [-0.3, -0.25) is 16.5 Å². The number of carbonyl (C=O) groups is 1. The lowest BCUT2D eigenvalue weighted by Gasteiger charge is -2.10. The van der Waals surface area contributed by atoms with Crippen LogP contribution in [0.3, 0.4) is 0 Å². The maximum Gasteiger partial charge on any atom is 0.338 e. The zero-order valence-electron chi connectivity index (χ0n) is 7.83. The molecule has 0 saturated heterocycles. The van der Waals surface area contributed by atoms with Gasteiger partial charge in [0.25, 0.3) is 0 Å². The molecular formula is C7H16ClN4O2-. The summed E-state index contributed by atoms with van der Waals surface area (Å²) in [4.78, 5) is 12.9. The van der Waals surface area contributed by atoms with Gasteiger partial charge in [-0.25, -0.2) is 0 Å². The minimum absolute atomic E-state index is 0. The Morgan fingerprint density at radius 3 is 2.36 bits per heavy atom. The molecule has 0 amide bonds. The van der Waals surface area contributed by atoms with Gasteiger partial charge in [0.2, 0.25) is 0 Å². The fraction of sp³-hybridized carbons (Fsp3) is 0.714. The van der Waals surface area contributed by atoms with Crippen LogP contribution in [0.25, 0.3) is 0 Å². The summed E-state index contributed by atoms with van der Waals surface area (Å²) in [6.07, 6.45) is 1.89. The van der Waals surface area contributed by atoms with Crippen molar-refractivity contribution in [3.8, 4) is 0 Å². The summed E-state index contributed by atoms with van der Waals surface area (Å²) in [6, 6.07) is -0.876. The Kier molecular flexibility index (Phi) is 9.48. The molecule has 0 aliphatic carbocycles. The van der Waals surface area contributed by atoms with Gasteiger partial charge >= 0.3 is 5.96 Å². The van der Waals surface area contributed by atoms with Crippen LogP contribution in [0.15, 0.2) is 0 Å². The second-order valence-corrected chi connectivity index (χ2v) is 2.80. The molecule has 7 heteroatoms. The monoisotopic (exact) mass is 223 g/mol. The Hall–Kier alpha value is -1.01. The van der Waals surface area contributed by atoms with Crippen molar-refractivity contribution in [2.45, 2.75) is 25.3 Å². The van der Waals surface area contributed by atoms with E-state index in [1.54, 1.807) is 0 Å². The van der Waals surface area contributed by atoms with Crippen LogP contribution < -0.4 is 39.7 Å². The number of unbranched alkanes of at least 4 members (excludes halogenated alkanes) is 1. The predicted octanol–water partition coefficient (Wildman–Crippen LogP) is -7.41. The largest absolute Gasteiger partial charge is 1.00 e. The molecule has 0 saturated carbocycles.